The summed E-state index contributed by atoms with van der Waals surface area (Å²) in [5.74, 6) is 0.134. The molecule has 2 heterocycles. The van der Waals surface area contributed by atoms with E-state index in [1.54, 1.807) is 24.3 Å². The summed E-state index contributed by atoms with van der Waals surface area (Å²) >= 11 is 0. The van der Waals surface area contributed by atoms with Crippen molar-refractivity contribution in [2.45, 2.75) is 37.1 Å². The zero-order valence-corrected chi connectivity index (χ0v) is 15.2. The minimum absolute atomic E-state index is 0.112. The topological polar surface area (TPSA) is 49.6 Å². The van der Waals surface area contributed by atoms with Crippen molar-refractivity contribution in [1.82, 2.24) is 15.0 Å². The van der Waals surface area contributed by atoms with Gasteiger partial charge in [-0.2, -0.15) is 0 Å². The molecule has 1 aromatic heterocycles. The maximum atomic E-state index is 14.0. The number of carbonyl (C=O) groups excluding carboxylic acids is 1. The van der Waals surface area contributed by atoms with Crippen molar-refractivity contribution in [2.75, 3.05) is 27.2 Å². The molecule has 0 N–H and O–H groups in total. The van der Waals surface area contributed by atoms with Crippen LogP contribution in [-0.2, 0) is 10.2 Å². The van der Waals surface area contributed by atoms with E-state index in [9.17, 15) is 9.18 Å². The Morgan fingerprint density at radius 1 is 1.31 bits per heavy atom. The second kappa shape index (κ2) is 6.50. The van der Waals surface area contributed by atoms with Gasteiger partial charge < -0.3 is 14.3 Å². The number of benzene rings is 1. The lowest BCUT2D eigenvalue weighted by Crippen LogP contribution is -2.47. The van der Waals surface area contributed by atoms with Gasteiger partial charge in [-0.1, -0.05) is 17.3 Å². The van der Waals surface area contributed by atoms with E-state index in [0.29, 0.717) is 17.0 Å². The third-order valence-electron chi connectivity index (χ3n) is 5.86. The van der Waals surface area contributed by atoms with Gasteiger partial charge in [-0.15, -0.1) is 0 Å². The molecule has 1 saturated heterocycles. The van der Waals surface area contributed by atoms with Gasteiger partial charge in [0.1, 0.15) is 5.82 Å². The SMILES string of the molecule is CN1CCC(N(C)C(=O)C2(c3cc(-c4ccccc4F)on3)CC2)CC1. The van der Waals surface area contributed by atoms with Crippen molar-refractivity contribution in [3.05, 3.63) is 41.8 Å². The minimum Gasteiger partial charge on any atom is -0.356 e. The van der Waals surface area contributed by atoms with Gasteiger partial charge in [-0.25, -0.2) is 4.39 Å². The lowest BCUT2D eigenvalue weighted by atomic mass is 9.96. The van der Waals surface area contributed by atoms with Crippen LogP contribution >= 0.6 is 0 Å². The van der Waals surface area contributed by atoms with Crippen molar-refractivity contribution < 1.29 is 13.7 Å². The number of piperidine rings is 1. The Morgan fingerprint density at radius 2 is 2.00 bits per heavy atom. The highest BCUT2D eigenvalue weighted by Gasteiger charge is 2.55. The average molecular weight is 357 g/mol. The molecule has 1 amide bonds. The van der Waals surface area contributed by atoms with Crippen LogP contribution in [0.25, 0.3) is 11.3 Å². The fourth-order valence-electron chi connectivity index (χ4n) is 3.88. The Morgan fingerprint density at radius 3 is 2.65 bits per heavy atom. The molecule has 1 aliphatic heterocycles. The number of carbonyl (C=O) groups is 1. The van der Waals surface area contributed by atoms with Crippen LogP contribution in [0.5, 0.6) is 0 Å². The van der Waals surface area contributed by atoms with E-state index in [-0.39, 0.29) is 17.8 Å². The largest absolute Gasteiger partial charge is 0.356 e. The molecule has 138 valence electrons. The third-order valence-corrected chi connectivity index (χ3v) is 5.86. The summed E-state index contributed by atoms with van der Waals surface area (Å²) in [6.45, 7) is 2.02. The predicted octanol–water partition coefficient (Wildman–Crippen LogP) is 3.06. The normalized spacial score (nSPS) is 20.1. The van der Waals surface area contributed by atoms with Gasteiger partial charge >= 0.3 is 0 Å². The molecular formula is C20H24FN3O2. The summed E-state index contributed by atoms with van der Waals surface area (Å²) in [5.41, 5.74) is 0.407. The molecule has 0 bridgehead atoms. The Labute approximate surface area is 152 Å². The van der Waals surface area contributed by atoms with Gasteiger partial charge in [-0.05, 0) is 58.0 Å². The molecule has 2 aromatic rings. The van der Waals surface area contributed by atoms with E-state index in [2.05, 4.69) is 17.1 Å². The fourth-order valence-corrected chi connectivity index (χ4v) is 3.88. The number of likely N-dealkylation sites (N-methyl/N-ethyl adjacent to an activating group) is 1. The van der Waals surface area contributed by atoms with Crippen LogP contribution in [0, 0.1) is 5.82 Å². The predicted molar refractivity (Wildman–Crippen MR) is 96.1 cm³/mol. The molecule has 6 heteroatoms. The summed E-state index contributed by atoms with van der Waals surface area (Å²) in [5, 5.41) is 4.13. The van der Waals surface area contributed by atoms with Crippen molar-refractivity contribution in [3.63, 3.8) is 0 Å². The molecule has 2 aliphatic rings. The molecule has 1 saturated carbocycles. The zero-order valence-electron chi connectivity index (χ0n) is 15.2. The number of likely N-dealkylation sites (tertiary alicyclic amines) is 1. The summed E-state index contributed by atoms with van der Waals surface area (Å²) in [6.07, 6.45) is 3.53. The van der Waals surface area contributed by atoms with E-state index in [1.807, 2.05) is 11.9 Å². The van der Waals surface area contributed by atoms with Gasteiger partial charge in [0.15, 0.2) is 5.76 Å². The fraction of sp³-hybridized carbons (Fsp3) is 0.500. The number of aromatic nitrogens is 1. The first-order valence-corrected chi connectivity index (χ1v) is 9.19. The molecule has 0 unspecified atom stereocenters. The van der Waals surface area contributed by atoms with E-state index in [4.69, 9.17) is 4.52 Å². The molecule has 0 atom stereocenters. The summed E-state index contributed by atoms with van der Waals surface area (Å²) < 4.78 is 19.4. The number of rotatable bonds is 4. The standard InChI is InChI=1S/C20H24FN3O2/c1-23-11-7-14(8-12-23)24(2)19(25)20(9-10-20)18-13-17(26-22-18)15-5-3-4-6-16(15)21/h3-6,13-14H,7-12H2,1-2H3. The van der Waals surface area contributed by atoms with Gasteiger partial charge in [0, 0.05) is 19.2 Å². The van der Waals surface area contributed by atoms with Crippen LogP contribution in [0.4, 0.5) is 4.39 Å². The van der Waals surface area contributed by atoms with Crippen LogP contribution < -0.4 is 0 Å². The maximum Gasteiger partial charge on any atom is 0.234 e. The highest BCUT2D eigenvalue weighted by molar-refractivity contribution is 5.91. The van der Waals surface area contributed by atoms with Crippen LogP contribution in [0.15, 0.2) is 34.9 Å². The number of hydrogen-bond acceptors (Lipinski definition) is 4. The third kappa shape index (κ3) is 2.92. The lowest BCUT2D eigenvalue weighted by molar-refractivity contribution is -0.135. The molecule has 26 heavy (non-hydrogen) atoms. The zero-order chi connectivity index (χ0) is 18.3. The van der Waals surface area contributed by atoms with E-state index in [1.165, 1.54) is 6.07 Å². The number of hydrogen-bond donors (Lipinski definition) is 0. The van der Waals surface area contributed by atoms with Gasteiger partial charge in [0.2, 0.25) is 5.91 Å². The molecule has 0 radical (unpaired) electrons. The smallest absolute Gasteiger partial charge is 0.234 e. The Kier molecular flexibility index (Phi) is 4.31. The van der Waals surface area contributed by atoms with Gasteiger partial charge in [-0.3, -0.25) is 4.79 Å². The minimum atomic E-state index is -0.592. The highest BCUT2D eigenvalue weighted by atomic mass is 19.1. The summed E-state index contributed by atoms with van der Waals surface area (Å²) in [7, 11) is 4.01. The second-order valence-electron chi connectivity index (χ2n) is 7.59. The van der Waals surface area contributed by atoms with Gasteiger partial charge in [0.05, 0.1) is 16.7 Å². The number of nitrogens with zero attached hydrogens (tertiary/aromatic N) is 3. The molecule has 5 nitrogen and oxygen atoms in total. The summed E-state index contributed by atoms with van der Waals surface area (Å²) in [6, 6.07) is 8.44. The van der Waals surface area contributed by atoms with Crippen molar-refractivity contribution in [1.29, 1.82) is 0 Å². The first-order valence-electron chi connectivity index (χ1n) is 9.19. The van der Waals surface area contributed by atoms with Crippen LogP contribution in [0.2, 0.25) is 0 Å². The maximum absolute atomic E-state index is 14.0. The van der Waals surface area contributed by atoms with E-state index < -0.39 is 5.41 Å². The van der Waals surface area contributed by atoms with Crippen LogP contribution in [-0.4, -0.2) is 54.1 Å². The molecule has 0 spiro atoms. The van der Waals surface area contributed by atoms with Crippen molar-refractivity contribution in [2.24, 2.45) is 0 Å². The van der Waals surface area contributed by atoms with Gasteiger partial charge in [0.25, 0.3) is 0 Å². The van der Waals surface area contributed by atoms with Crippen molar-refractivity contribution >= 4 is 5.91 Å². The molecular weight excluding hydrogens is 333 g/mol. The van der Waals surface area contributed by atoms with Crippen LogP contribution in [0.3, 0.4) is 0 Å². The van der Waals surface area contributed by atoms with E-state index >= 15 is 0 Å². The lowest BCUT2D eigenvalue weighted by Gasteiger charge is -2.36. The number of halogens is 1. The van der Waals surface area contributed by atoms with E-state index in [0.717, 1.165) is 38.8 Å². The average Bonchev–Trinajstić information content (AvgIpc) is 3.32. The Bertz CT molecular complexity index is 807. The Balaban J connectivity index is 1.54. The first-order chi connectivity index (χ1) is 12.5. The summed E-state index contributed by atoms with van der Waals surface area (Å²) in [4.78, 5) is 17.4. The molecule has 1 aliphatic carbocycles. The highest BCUT2D eigenvalue weighted by Crippen LogP contribution is 2.50. The Hall–Kier alpha value is -2.21. The number of amides is 1. The van der Waals surface area contributed by atoms with Crippen LogP contribution in [0.1, 0.15) is 31.4 Å². The first kappa shape index (κ1) is 17.2. The van der Waals surface area contributed by atoms with Crippen molar-refractivity contribution in [3.8, 4) is 11.3 Å². The quantitative estimate of drug-likeness (QED) is 0.844. The second-order valence-corrected chi connectivity index (χ2v) is 7.59. The monoisotopic (exact) mass is 357 g/mol. The molecule has 1 aromatic carbocycles. The molecule has 2 fully saturated rings. The molecule has 4 rings (SSSR count).